The van der Waals surface area contributed by atoms with Crippen LogP contribution in [-0.4, -0.2) is 59.0 Å². The summed E-state index contributed by atoms with van der Waals surface area (Å²) >= 11 is 0. The van der Waals surface area contributed by atoms with Gasteiger partial charge in [0.1, 0.15) is 5.54 Å². The molecule has 1 aromatic heterocycles. The molecule has 2 aliphatic heterocycles. The Morgan fingerprint density at radius 2 is 1.96 bits per heavy atom. The summed E-state index contributed by atoms with van der Waals surface area (Å²) in [6.45, 7) is 7.91. The van der Waals surface area contributed by atoms with Gasteiger partial charge in [-0.1, -0.05) is 12.1 Å². The maximum atomic E-state index is 12.7. The minimum absolute atomic E-state index is 0.235. The Kier molecular flexibility index (Phi) is 4.76. The number of carbonyl (C=O) groups is 1. The van der Waals surface area contributed by atoms with Gasteiger partial charge in [0.15, 0.2) is 0 Å². The maximum Gasteiger partial charge on any atom is 0.240 e. The maximum absolute atomic E-state index is 12.7. The fourth-order valence-corrected chi connectivity index (χ4v) is 4.70. The molecule has 0 aliphatic carbocycles. The quantitative estimate of drug-likeness (QED) is 0.920. The number of carbonyl (C=O) groups excluding carboxylic acids is 1. The molecule has 0 saturated carbocycles. The molecular formula is C21H30N4O. The van der Waals surface area contributed by atoms with Crippen molar-refractivity contribution >= 4 is 16.8 Å². The van der Waals surface area contributed by atoms with E-state index in [4.69, 9.17) is 0 Å². The molecule has 2 saturated heterocycles. The van der Waals surface area contributed by atoms with Crippen LogP contribution < -0.4 is 5.32 Å². The molecule has 2 aromatic rings. The number of nitrogens with zero attached hydrogens (tertiary/aromatic N) is 3. The Bertz CT molecular complexity index is 788. The Hall–Kier alpha value is -1.85. The number of fused-ring (bicyclic) bond motifs is 1. The normalized spacial score (nSPS) is 21.8. The first-order valence-corrected chi connectivity index (χ1v) is 9.93. The SMILES string of the molecule is CCn1ccc2c(CN3CCC4(CC3)C(=O)NCCCN4C)cccc21. The molecule has 2 aliphatic rings. The number of rotatable bonds is 3. The summed E-state index contributed by atoms with van der Waals surface area (Å²) in [6.07, 6.45) is 5.07. The van der Waals surface area contributed by atoms with E-state index in [1.165, 1.54) is 16.5 Å². The van der Waals surface area contributed by atoms with Gasteiger partial charge in [0.25, 0.3) is 0 Å². The van der Waals surface area contributed by atoms with Crippen molar-refractivity contribution < 1.29 is 4.79 Å². The van der Waals surface area contributed by atoms with E-state index < -0.39 is 0 Å². The van der Waals surface area contributed by atoms with Crippen LogP contribution in [0.2, 0.25) is 0 Å². The first-order valence-electron chi connectivity index (χ1n) is 9.93. The van der Waals surface area contributed by atoms with Gasteiger partial charge in [0.05, 0.1) is 0 Å². The first kappa shape index (κ1) is 17.6. The lowest BCUT2D eigenvalue weighted by Gasteiger charge is -2.45. The molecule has 5 nitrogen and oxygen atoms in total. The van der Waals surface area contributed by atoms with E-state index >= 15 is 0 Å². The highest BCUT2D eigenvalue weighted by atomic mass is 16.2. The van der Waals surface area contributed by atoms with Crippen LogP contribution in [0.25, 0.3) is 10.9 Å². The third kappa shape index (κ3) is 2.93. The van der Waals surface area contributed by atoms with E-state index in [2.05, 4.69) is 64.1 Å². The second-order valence-corrected chi connectivity index (χ2v) is 7.79. The third-order valence-electron chi connectivity index (χ3n) is 6.43. The number of benzene rings is 1. The van der Waals surface area contributed by atoms with Gasteiger partial charge in [-0.3, -0.25) is 14.6 Å². The fourth-order valence-electron chi connectivity index (χ4n) is 4.70. The molecule has 0 radical (unpaired) electrons. The van der Waals surface area contributed by atoms with Crippen molar-refractivity contribution in [3.05, 3.63) is 36.0 Å². The Morgan fingerprint density at radius 1 is 1.15 bits per heavy atom. The van der Waals surface area contributed by atoms with E-state index in [9.17, 15) is 4.79 Å². The molecule has 1 N–H and O–H groups in total. The summed E-state index contributed by atoms with van der Waals surface area (Å²) < 4.78 is 2.30. The number of nitrogens with one attached hydrogen (secondary N) is 1. The van der Waals surface area contributed by atoms with Crippen LogP contribution in [0.5, 0.6) is 0 Å². The monoisotopic (exact) mass is 354 g/mol. The lowest BCUT2D eigenvalue weighted by atomic mass is 9.85. The highest BCUT2D eigenvalue weighted by molar-refractivity contribution is 5.87. The predicted octanol–water partition coefficient (Wildman–Crippen LogP) is 2.45. The van der Waals surface area contributed by atoms with Crippen molar-refractivity contribution in [1.82, 2.24) is 19.7 Å². The Balaban J connectivity index is 1.49. The lowest BCUT2D eigenvalue weighted by Crippen LogP contribution is -2.60. The fraction of sp³-hybridized carbons (Fsp3) is 0.571. The number of piperidine rings is 1. The average Bonchev–Trinajstić information content (AvgIpc) is 3.04. The van der Waals surface area contributed by atoms with Gasteiger partial charge in [0, 0.05) is 56.4 Å². The summed E-state index contributed by atoms with van der Waals surface area (Å²) in [7, 11) is 2.12. The standard InChI is InChI=1S/C21H30N4O/c1-3-25-13-8-18-17(6-4-7-19(18)25)16-24-14-9-21(10-15-24)20(26)22-11-5-12-23(21)2/h4,6-8,13H,3,5,9-12,14-16H2,1-2H3,(H,22,26). The Morgan fingerprint density at radius 3 is 2.73 bits per heavy atom. The van der Waals surface area contributed by atoms with Crippen LogP contribution in [-0.2, 0) is 17.9 Å². The van der Waals surface area contributed by atoms with Gasteiger partial charge in [0.2, 0.25) is 5.91 Å². The van der Waals surface area contributed by atoms with E-state index in [-0.39, 0.29) is 11.4 Å². The van der Waals surface area contributed by atoms with Crippen LogP contribution in [0.3, 0.4) is 0 Å². The molecule has 26 heavy (non-hydrogen) atoms. The van der Waals surface area contributed by atoms with Gasteiger partial charge in [-0.2, -0.15) is 0 Å². The zero-order chi connectivity index (χ0) is 18.1. The molecule has 140 valence electrons. The zero-order valence-corrected chi connectivity index (χ0v) is 16.0. The highest BCUT2D eigenvalue weighted by Gasteiger charge is 2.45. The van der Waals surface area contributed by atoms with Crippen molar-refractivity contribution in [1.29, 1.82) is 0 Å². The molecule has 0 bridgehead atoms. The molecule has 1 spiro atoms. The molecular weight excluding hydrogens is 324 g/mol. The molecule has 1 aromatic carbocycles. The molecule has 3 heterocycles. The van der Waals surface area contributed by atoms with Crippen molar-refractivity contribution in [2.24, 2.45) is 0 Å². The molecule has 0 unspecified atom stereocenters. The third-order valence-corrected chi connectivity index (χ3v) is 6.43. The molecule has 0 atom stereocenters. The van der Waals surface area contributed by atoms with Gasteiger partial charge in [-0.05, 0) is 50.9 Å². The number of aromatic nitrogens is 1. The number of likely N-dealkylation sites (N-methyl/N-ethyl adjacent to an activating group) is 1. The van der Waals surface area contributed by atoms with E-state index in [0.29, 0.717) is 0 Å². The molecule has 1 amide bonds. The highest BCUT2D eigenvalue weighted by Crippen LogP contribution is 2.31. The van der Waals surface area contributed by atoms with Crippen LogP contribution in [0.4, 0.5) is 0 Å². The second-order valence-electron chi connectivity index (χ2n) is 7.79. The summed E-state index contributed by atoms with van der Waals surface area (Å²) in [4.78, 5) is 17.5. The smallest absolute Gasteiger partial charge is 0.240 e. The van der Waals surface area contributed by atoms with E-state index in [1.807, 2.05) is 0 Å². The minimum Gasteiger partial charge on any atom is -0.354 e. The summed E-state index contributed by atoms with van der Waals surface area (Å²) in [5, 5.41) is 4.49. The van der Waals surface area contributed by atoms with Crippen molar-refractivity contribution in [2.75, 3.05) is 33.2 Å². The first-order chi connectivity index (χ1) is 12.6. The van der Waals surface area contributed by atoms with Crippen molar-refractivity contribution in [3.8, 4) is 0 Å². The zero-order valence-electron chi connectivity index (χ0n) is 16.0. The van der Waals surface area contributed by atoms with Gasteiger partial charge in [-0.15, -0.1) is 0 Å². The number of aryl methyl sites for hydroxylation is 1. The van der Waals surface area contributed by atoms with Crippen LogP contribution in [0.15, 0.2) is 30.5 Å². The van der Waals surface area contributed by atoms with E-state index in [1.54, 1.807) is 0 Å². The summed E-state index contributed by atoms with van der Waals surface area (Å²) in [5.74, 6) is 0.235. The van der Waals surface area contributed by atoms with Gasteiger partial charge in [-0.25, -0.2) is 0 Å². The number of likely N-dealkylation sites (tertiary alicyclic amines) is 1. The van der Waals surface area contributed by atoms with Crippen LogP contribution >= 0.6 is 0 Å². The molecule has 4 rings (SSSR count). The topological polar surface area (TPSA) is 40.5 Å². The predicted molar refractivity (Wildman–Crippen MR) is 105 cm³/mol. The Labute approximate surface area is 155 Å². The van der Waals surface area contributed by atoms with E-state index in [0.717, 1.165) is 58.5 Å². The number of amides is 1. The summed E-state index contributed by atoms with van der Waals surface area (Å²) in [5.41, 5.74) is 2.41. The molecule has 5 heteroatoms. The van der Waals surface area contributed by atoms with Crippen LogP contribution in [0, 0.1) is 0 Å². The summed E-state index contributed by atoms with van der Waals surface area (Å²) in [6, 6.07) is 8.86. The lowest BCUT2D eigenvalue weighted by molar-refractivity contribution is -0.134. The van der Waals surface area contributed by atoms with Crippen LogP contribution in [0.1, 0.15) is 31.7 Å². The van der Waals surface area contributed by atoms with Gasteiger partial charge < -0.3 is 9.88 Å². The average molecular weight is 354 g/mol. The number of hydrogen-bond acceptors (Lipinski definition) is 3. The number of hydrogen-bond donors (Lipinski definition) is 1. The molecule has 2 fully saturated rings. The van der Waals surface area contributed by atoms with Crippen molar-refractivity contribution in [3.63, 3.8) is 0 Å². The van der Waals surface area contributed by atoms with Gasteiger partial charge >= 0.3 is 0 Å². The second kappa shape index (κ2) is 7.05. The largest absolute Gasteiger partial charge is 0.354 e. The minimum atomic E-state index is -0.301. The van der Waals surface area contributed by atoms with Crippen molar-refractivity contribution in [2.45, 2.75) is 44.8 Å².